The molecule has 0 unspecified atom stereocenters. The first-order valence-electron chi connectivity index (χ1n) is 7.45. The van der Waals surface area contributed by atoms with Crippen molar-refractivity contribution in [2.75, 3.05) is 0 Å². The Labute approximate surface area is 137 Å². The van der Waals surface area contributed by atoms with Gasteiger partial charge in [-0.3, -0.25) is 4.79 Å². The third kappa shape index (κ3) is 3.19. The zero-order valence-corrected chi connectivity index (χ0v) is 13.5. The van der Waals surface area contributed by atoms with Gasteiger partial charge in [0.15, 0.2) is 4.77 Å². The van der Waals surface area contributed by atoms with Crippen LogP contribution in [0.1, 0.15) is 36.2 Å². The lowest BCUT2D eigenvalue weighted by atomic mass is 9.87. The summed E-state index contributed by atoms with van der Waals surface area (Å²) in [5.74, 6) is -1.16. The number of imidazole rings is 1. The van der Waals surface area contributed by atoms with E-state index in [0.717, 1.165) is 18.2 Å². The fourth-order valence-electron chi connectivity index (χ4n) is 3.17. The topological polar surface area (TPSA) is 49.8 Å². The molecule has 2 N–H and O–H groups in total. The maximum absolute atomic E-state index is 13.8. The normalized spacial score (nSPS) is 16.9. The van der Waals surface area contributed by atoms with Crippen LogP contribution in [0.4, 0.5) is 8.78 Å². The molecule has 0 aliphatic heterocycles. The molecule has 23 heavy (non-hydrogen) atoms. The van der Waals surface area contributed by atoms with Crippen LogP contribution in [0, 0.1) is 16.4 Å². The summed E-state index contributed by atoms with van der Waals surface area (Å²) in [4.78, 5) is 14.1. The molecule has 0 fully saturated rings. The number of fused-ring (bicyclic) bond motifs is 1. The van der Waals surface area contributed by atoms with Gasteiger partial charge < -0.3 is 14.9 Å². The SMILES string of the molecule is CC(=O)NCc1c[nH]c(=S)n1[C@H]1CCc2c(F)cc(F)cc2C1. The highest BCUT2D eigenvalue weighted by atomic mass is 32.1. The summed E-state index contributed by atoms with van der Waals surface area (Å²) in [5.41, 5.74) is 2.14. The predicted octanol–water partition coefficient (Wildman–Crippen LogP) is 3.19. The molecule has 7 heteroatoms. The highest BCUT2D eigenvalue weighted by molar-refractivity contribution is 7.71. The third-order valence-electron chi connectivity index (χ3n) is 4.21. The number of halogens is 2. The summed E-state index contributed by atoms with van der Waals surface area (Å²) in [5, 5.41) is 2.75. The second kappa shape index (κ2) is 6.23. The highest BCUT2D eigenvalue weighted by Gasteiger charge is 2.25. The Hall–Kier alpha value is -2.02. The first-order valence-corrected chi connectivity index (χ1v) is 7.86. The first-order chi connectivity index (χ1) is 11.0. The molecular weight excluding hydrogens is 320 g/mol. The number of nitrogens with one attached hydrogen (secondary N) is 2. The molecule has 122 valence electrons. The number of H-pyrrole nitrogens is 1. The van der Waals surface area contributed by atoms with E-state index in [2.05, 4.69) is 10.3 Å². The van der Waals surface area contributed by atoms with Gasteiger partial charge in [-0.1, -0.05) is 0 Å². The molecule has 0 bridgehead atoms. The maximum atomic E-state index is 13.8. The van der Waals surface area contributed by atoms with Crippen LogP contribution in [0.3, 0.4) is 0 Å². The molecule has 1 aromatic carbocycles. The van der Waals surface area contributed by atoms with Gasteiger partial charge in [-0.25, -0.2) is 8.78 Å². The van der Waals surface area contributed by atoms with E-state index in [4.69, 9.17) is 12.2 Å². The standard InChI is InChI=1S/C16H17F2N3OS/c1-9(22)19-7-13-8-20-16(23)21(13)12-2-3-14-10(5-12)4-11(17)6-15(14)18/h4,6,8,12H,2-3,5,7H2,1H3,(H,19,22)(H,20,23)/t12-/m0/s1. The summed E-state index contributed by atoms with van der Waals surface area (Å²) in [6, 6.07) is 2.35. The molecule has 1 amide bonds. The largest absolute Gasteiger partial charge is 0.351 e. The number of aromatic amines is 1. The van der Waals surface area contributed by atoms with Gasteiger partial charge in [0.05, 0.1) is 12.2 Å². The van der Waals surface area contributed by atoms with Crippen molar-refractivity contribution in [2.24, 2.45) is 0 Å². The number of aromatic nitrogens is 2. The summed E-state index contributed by atoms with van der Waals surface area (Å²) < 4.78 is 29.8. The number of hydrogen-bond donors (Lipinski definition) is 2. The van der Waals surface area contributed by atoms with Crippen molar-refractivity contribution < 1.29 is 13.6 Å². The summed E-state index contributed by atoms with van der Waals surface area (Å²) in [6.07, 6.45) is 3.54. The van der Waals surface area contributed by atoms with Gasteiger partial charge in [-0.2, -0.15) is 0 Å². The van der Waals surface area contributed by atoms with Gasteiger partial charge in [0.25, 0.3) is 0 Å². The van der Waals surface area contributed by atoms with Gasteiger partial charge in [-0.05, 0) is 48.7 Å². The lowest BCUT2D eigenvalue weighted by Crippen LogP contribution is -2.25. The van der Waals surface area contributed by atoms with Crippen molar-refractivity contribution in [1.82, 2.24) is 14.9 Å². The monoisotopic (exact) mass is 337 g/mol. The van der Waals surface area contributed by atoms with Crippen LogP contribution < -0.4 is 5.32 Å². The fraction of sp³-hybridized carbons (Fsp3) is 0.375. The van der Waals surface area contributed by atoms with Crippen LogP contribution in [0.2, 0.25) is 0 Å². The van der Waals surface area contributed by atoms with Crippen LogP contribution in [0.15, 0.2) is 18.3 Å². The van der Waals surface area contributed by atoms with Crippen molar-refractivity contribution in [1.29, 1.82) is 0 Å². The molecule has 2 aromatic rings. The second-order valence-electron chi connectivity index (χ2n) is 5.79. The maximum Gasteiger partial charge on any atom is 0.217 e. The van der Waals surface area contributed by atoms with Crippen molar-refractivity contribution in [3.05, 3.63) is 51.6 Å². The molecule has 0 spiro atoms. The number of hydrogen-bond acceptors (Lipinski definition) is 2. The zero-order chi connectivity index (χ0) is 16.6. The second-order valence-corrected chi connectivity index (χ2v) is 6.17. The summed E-state index contributed by atoms with van der Waals surface area (Å²) in [7, 11) is 0. The van der Waals surface area contributed by atoms with E-state index < -0.39 is 11.6 Å². The van der Waals surface area contributed by atoms with Crippen molar-refractivity contribution in [2.45, 2.75) is 38.8 Å². The van der Waals surface area contributed by atoms with Gasteiger partial charge in [0.1, 0.15) is 11.6 Å². The van der Waals surface area contributed by atoms with Crippen LogP contribution >= 0.6 is 12.2 Å². The zero-order valence-electron chi connectivity index (χ0n) is 12.7. The minimum absolute atomic E-state index is 0.0196. The van der Waals surface area contributed by atoms with Crippen LogP contribution in [0.5, 0.6) is 0 Å². The molecule has 1 aromatic heterocycles. The van der Waals surface area contributed by atoms with Crippen LogP contribution in [-0.4, -0.2) is 15.5 Å². The highest BCUT2D eigenvalue weighted by Crippen LogP contribution is 2.32. The molecule has 4 nitrogen and oxygen atoms in total. The summed E-state index contributed by atoms with van der Waals surface area (Å²) >= 11 is 5.33. The molecule has 1 atom stereocenters. The average molecular weight is 337 g/mol. The van der Waals surface area contributed by atoms with E-state index in [-0.39, 0.29) is 11.9 Å². The van der Waals surface area contributed by atoms with Crippen molar-refractivity contribution in [3.8, 4) is 0 Å². The Balaban J connectivity index is 1.90. The van der Waals surface area contributed by atoms with E-state index in [9.17, 15) is 13.6 Å². The molecule has 0 radical (unpaired) electrons. The molecule has 1 aliphatic carbocycles. The molecule has 3 rings (SSSR count). The molecule has 1 aliphatic rings. The molecule has 1 heterocycles. The summed E-state index contributed by atoms with van der Waals surface area (Å²) in [6.45, 7) is 1.82. The number of carbonyl (C=O) groups excluding carboxylic acids is 1. The molecule has 0 saturated carbocycles. The van der Waals surface area contributed by atoms with Crippen LogP contribution in [0.25, 0.3) is 0 Å². The molecule has 0 saturated heterocycles. The number of nitrogens with zero attached hydrogens (tertiary/aromatic N) is 1. The predicted molar refractivity (Wildman–Crippen MR) is 84.6 cm³/mol. The van der Waals surface area contributed by atoms with Crippen molar-refractivity contribution >= 4 is 18.1 Å². The van der Waals surface area contributed by atoms with Gasteiger partial charge >= 0.3 is 0 Å². The Morgan fingerprint density at radius 2 is 2.26 bits per heavy atom. The van der Waals surface area contributed by atoms with Crippen molar-refractivity contribution in [3.63, 3.8) is 0 Å². The molecular formula is C16H17F2N3OS. The number of carbonyl (C=O) groups is 1. The van der Waals surface area contributed by atoms with Gasteiger partial charge in [0, 0.05) is 25.2 Å². The number of amides is 1. The van der Waals surface area contributed by atoms with E-state index in [1.54, 1.807) is 6.20 Å². The van der Waals surface area contributed by atoms with E-state index in [0.29, 0.717) is 35.3 Å². The minimum Gasteiger partial charge on any atom is -0.351 e. The Kier molecular flexibility index (Phi) is 4.30. The lowest BCUT2D eigenvalue weighted by molar-refractivity contribution is -0.119. The van der Waals surface area contributed by atoms with E-state index in [1.807, 2.05) is 4.57 Å². The van der Waals surface area contributed by atoms with E-state index >= 15 is 0 Å². The van der Waals surface area contributed by atoms with Gasteiger partial charge in [0.2, 0.25) is 5.91 Å². The number of rotatable bonds is 3. The fourth-order valence-corrected chi connectivity index (χ4v) is 3.50. The first kappa shape index (κ1) is 15.9. The van der Waals surface area contributed by atoms with Gasteiger partial charge in [-0.15, -0.1) is 0 Å². The minimum atomic E-state index is -0.557. The number of benzene rings is 1. The average Bonchev–Trinajstić information content (AvgIpc) is 2.85. The smallest absolute Gasteiger partial charge is 0.217 e. The lowest BCUT2D eigenvalue weighted by Gasteiger charge is -2.27. The van der Waals surface area contributed by atoms with Crippen LogP contribution in [-0.2, 0) is 24.2 Å². The Bertz CT molecular complexity index is 812. The third-order valence-corrected chi connectivity index (χ3v) is 4.52. The Morgan fingerprint density at radius 1 is 1.48 bits per heavy atom. The Morgan fingerprint density at radius 3 is 3.00 bits per heavy atom. The van der Waals surface area contributed by atoms with E-state index in [1.165, 1.54) is 13.0 Å². The quantitative estimate of drug-likeness (QED) is 0.845.